The summed E-state index contributed by atoms with van der Waals surface area (Å²) in [6.45, 7) is 0.263. The van der Waals surface area contributed by atoms with Crippen molar-refractivity contribution in [3.8, 4) is 5.75 Å². The summed E-state index contributed by atoms with van der Waals surface area (Å²) < 4.78 is 8.00. The largest absolute Gasteiger partial charge is 0.487 e. The van der Waals surface area contributed by atoms with E-state index in [1.165, 1.54) is 41.8 Å². The van der Waals surface area contributed by atoms with Crippen LogP contribution in [0.1, 0.15) is 76.9 Å². The van der Waals surface area contributed by atoms with E-state index in [0.29, 0.717) is 5.75 Å². The molecule has 1 heterocycles. The molecule has 0 unspecified atom stereocenters. The summed E-state index contributed by atoms with van der Waals surface area (Å²) in [5.41, 5.74) is 3.59. The number of benzene rings is 2. The number of halogens is 2. The van der Waals surface area contributed by atoms with Gasteiger partial charge in [-0.1, -0.05) is 35.2 Å². The van der Waals surface area contributed by atoms with E-state index in [1.54, 1.807) is 29.7 Å². The Kier molecular flexibility index (Phi) is 9.34. The minimum atomic E-state index is -0.414. The van der Waals surface area contributed by atoms with E-state index in [2.05, 4.69) is 43.8 Å². The lowest BCUT2D eigenvalue weighted by Gasteiger charge is -2.23. The van der Waals surface area contributed by atoms with E-state index < -0.39 is 4.92 Å². The first kappa shape index (κ1) is 28.2. The molecule has 5 rings (SSSR count). The van der Waals surface area contributed by atoms with Crippen molar-refractivity contribution in [2.24, 2.45) is 4.99 Å². The van der Waals surface area contributed by atoms with E-state index in [9.17, 15) is 14.9 Å². The number of carbonyl (C=O) groups is 1. The molecule has 0 saturated heterocycles. The van der Waals surface area contributed by atoms with Gasteiger partial charge in [-0.2, -0.15) is 0 Å². The molecule has 3 aromatic rings. The fourth-order valence-corrected chi connectivity index (χ4v) is 8.14. The molecule has 2 aromatic carbocycles. The summed E-state index contributed by atoms with van der Waals surface area (Å²) in [4.78, 5) is 30.2. The van der Waals surface area contributed by atoms with Gasteiger partial charge < -0.3 is 10.1 Å². The van der Waals surface area contributed by atoms with Gasteiger partial charge in [0.15, 0.2) is 0 Å². The van der Waals surface area contributed by atoms with Crippen molar-refractivity contribution in [1.29, 1.82) is 0 Å². The summed E-state index contributed by atoms with van der Waals surface area (Å²) in [6.07, 6.45) is 11.6. The minimum absolute atomic E-state index is 0.00640. The quantitative estimate of drug-likeness (QED) is 0.110. The average Bonchev–Trinajstić information content (AvgIpc) is 3.30. The standard InChI is InChI=1S/C29H29BrIN3O4S/c30-20-14-19(27(24(31)15-20)38-17-18-10-12-22(13-11-18)34(36)37)16-32-29-26(23-8-4-5-9-25(23)39-29)28(35)33-21-6-2-1-3-7-21/h10-16,21H,1-9,17H2,(H,33,35). The maximum Gasteiger partial charge on any atom is 0.269 e. The van der Waals surface area contributed by atoms with Gasteiger partial charge in [0, 0.05) is 39.3 Å². The number of carbonyl (C=O) groups excluding carboxylic acids is 1. The van der Waals surface area contributed by atoms with Gasteiger partial charge in [0.05, 0.1) is 14.1 Å². The second-order valence-electron chi connectivity index (χ2n) is 9.98. The van der Waals surface area contributed by atoms with Crippen LogP contribution in [0.2, 0.25) is 0 Å². The van der Waals surface area contributed by atoms with E-state index >= 15 is 0 Å². The maximum absolute atomic E-state index is 13.5. The van der Waals surface area contributed by atoms with Crippen LogP contribution in [0.3, 0.4) is 0 Å². The molecule has 0 aliphatic heterocycles. The van der Waals surface area contributed by atoms with Crippen LogP contribution in [-0.4, -0.2) is 23.1 Å². The lowest BCUT2D eigenvalue weighted by atomic mass is 9.93. The molecule has 39 heavy (non-hydrogen) atoms. The molecule has 1 N–H and O–H groups in total. The number of rotatable bonds is 8. The third-order valence-electron chi connectivity index (χ3n) is 7.21. The number of thiophene rings is 1. The average molecular weight is 722 g/mol. The van der Waals surface area contributed by atoms with Gasteiger partial charge in [0.25, 0.3) is 11.6 Å². The van der Waals surface area contributed by atoms with Gasteiger partial charge in [-0.25, -0.2) is 4.99 Å². The summed E-state index contributed by atoms with van der Waals surface area (Å²) in [5, 5.41) is 15.0. The van der Waals surface area contributed by atoms with Crippen molar-refractivity contribution < 1.29 is 14.5 Å². The van der Waals surface area contributed by atoms with Gasteiger partial charge >= 0.3 is 0 Å². The highest BCUT2D eigenvalue weighted by Crippen LogP contribution is 2.40. The number of nitro benzene ring substituents is 1. The smallest absolute Gasteiger partial charge is 0.269 e. The molecule has 1 saturated carbocycles. The predicted octanol–water partition coefficient (Wildman–Crippen LogP) is 8.29. The van der Waals surface area contributed by atoms with Crippen molar-refractivity contribution >= 4 is 72.7 Å². The summed E-state index contributed by atoms with van der Waals surface area (Å²) in [6, 6.07) is 10.5. The Bertz CT molecular complexity index is 1400. The van der Waals surface area contributed by atoms with Crippen molar-refractivity contribution in [2.75, 3.05) is 0 Å². The molecule has 0 bridgehead atoms. The van der Waals surface area contributed by atoms with Crippen LogP contribution in [0.4, 0.5) is 10.7 Å². The van der Waals surface area contributed by atoms with Crippen LogP contribution in [0.25, 0.3) is 0 Å². The van der Waals surface area contributed by atoms with Crippen LogP contribution in [0, 0.1) is 13.7 Å². The highest BCUT2D eigenvalue weighted by molar-refractivity contribution is 14.1. The molecule has 0 radical (unpaired) electrons. The molecule has 7 nitrogen and oxygen atoms in total. The van der Waals surface area contributed by atoms with Crippen LogP contribution in [-0.2, 0) is 19.4 Å². The van der Waals surface area contributed by atoms with E-state index in [1.807, 2.05) is 12.1 Å². The number of nitrogens with zero attached hydrogens (tertiary/aromatic N) is 2. The summed E-state index contributed by atoms with van der Waals surface area (Å²) in [7, 11) is 0. The number of nitrogens with one attached hydrogen (secondary N) is 1. The summed E-state index contributed by atoms with van der Waals surface area (Å²) >= 11 is 7.45. The highest BCUT2D eigenvalue weighted by atomic mass is 127. The SMILES string of the molecule is O=C(NC1CCCCC1)c1c(N=Cc2cc(Br)cc(I)c2OCc2ccc([N+](=O)[O-])cc2)sc2c1CCCC2. The fraction of sp³-hybridized carbons (Fsp3) is 0.379. The first-order valence-corrected chi connectivity index (χ1v) is 15.9. The molecule has 204 valence electrons. The maximum atomic E-state index is 13.5. The third kappa shape index (κ3) is 6.89. The Morgan fingerprint density at radius 1 is 1.15 bits per heavy atom. The molecule has 1 amide bonds. The van der Waals surface area contributed by atoms with Crippen LogP contribution >= 0.6 is 49.9 Å². The second kappa shape index (κ2) is 12.9. The number of nitro groups is 1. The Morgan fingerprint density at radius 3 is 2.64 bits per heavy atom. The Morgan fingerprint density at radius 2 is 1.90 bits per heavy atom. The molecule has 0 atom stereocenters. The van der Waals surface area contributed by atoms with Crippen LogP contribution < -0.4 is 10.1 Å². The predicted molar refractivity (Wildman–Crippen MR) is 167 cm³/mol. The second-order valence-corrected chi connectivity index (χ2v) is 13.1. The van der Waals surface area contributed by atoms with Crippen LogP contribution in [0.15, 0.2) is 45.9 Å². The van der Waals surface area contributed by atoms with Crippen molar-refractivity contribution in [3.05, 3.63) is 81.7 Å². The molecular weight excluding hydrogens is 693 g/mol. The monoisotopic (exact) mass is 721 g/mol. The lowest BCUT2D eigenvalue weighted by molar-refractivity contribution is -0.384. The van der Waals surface area contributed by atoms with Crippen LogP contribution in [0.5, 0.6) is 5.75 Å². The molecule has 1 aromatic heterocycles. The van der Waals surface area contributed by atoms with E-state index in [0.717, 1.165) is 68.3 Å². The number of aliphatic imine (C=N–C) groups is 1. The number of ether oxygens (including phenoxy) is 1. The molecule has 10 heteroatoms. The molecule has 2 aliphatic rings. The molecule has 0 spiro atoms. The Labute approximate surface area is 253 Å². The molecule has 1 fully saturated rings. The third-order valence-corrected chi connectivity index (χ3v) is 9.67. The van der Waals surface area contributed by atoms with Gasteiger partial charge in [-0.05, 0) is 96.5 Å². The summed E-state index contributed by atoms with van der Waals surface area (Å²) in [5.74, 6) is 0.683. The molecule has 2 aliphatic carbocycles. The van der Waals surface area contributed by atoms with Gasteiger partial charge in [0.1, 0.15) is 17.4 Å². The van der Waals surface area contributed by atoms with Crippen molar-refractivity contribution in [2.45, 2.75) is 70.4 Å². The lowest BCUT2D eigenvalue weighted by Crippen LogP contribution is -2.36. The zero-order valence-electron chi connectivity index (χ0n) is 21.4. The van der Waals surface area contributed by atoms with Gasteiger partial charge in [-0.3, -0.25) is 14.9 Å². The number of hydrogen-bond acceptors (Lipinski definition) is 6. The first-order chi connectivity index (χ1) is 18.9. The highest BCUT2D eigenvalue weighted by Gasteiger charge is 2.27. The van der Waals surface area contributed by atoms with Gasteiger partial charge in [-0.15, -0.1) is 11.3 Å². The minimum Gasteiger partial charge on any atom is -0.487 e. The number of hydrogen-bond donors (Lipinski definition) is 1. The fourth-order valence-electron chi connectivity index (χ4n) is 5.21. The number of fused-ring (bicyclic) bond motifs is 1. The van der Waals surface area contributed by atoms with E-state index in [4.69, 9.17) is 9.73 Å². The zero-order valence-corrected chi connectivity index (χ0v) is 25.9. The molecular formula is C29H29BrIN3O4S. The number of aryl methyl sites for hydroxylation is 1. The first-order valence-electron chi connectivity index (χ1n) is 13.2. The topological polar surface area (TPSA) is 93.8 Å². The van der Waals surface area contributed by atoms with Crippen molar-refractivity contribution in [1.82, 2.24) is 5.32 Å². The van der Waals surface area contributed by atoms with Gasteiger partial charge in [0.2, 0.25) is 0 Å². The normalized spacial score (nSPS) is 15.7. The Hall–Kier alpha value is -2.31. The van der Waals surface area contributed by atoms with E-state index in [-0.39, 0.29) is 24.2 Å². The van der Waals surface area contributed by atoms with Crippen molar-refractivity contribution in [3.63, 3.8) is 0 Å². The number of non-ortho nitro benzene ring substituents is 1. The number of amides is 1. The Balaban J connectivity index is 1.41. The zero-order chi connectivity index (χ0) is 27.4.